The van der Waals surface area contributed by atoms with Crippen LogP contribution in [0.25, 0.3) is 0 Å². The average Bonchev–Trinajstić information content (AvgIpc) is 2.83. The van der Waals surface area contributed by atoms with Crippen molar-refractivity contribution in [2.75, 3.05) is 38.2 Å². The van der Waals surface area contributed by atoms with E-state index >= 15 is 0 Å². The van der Waals surface area contributed by atoms with Crippen LogP contribution in [-0.4, -0.2) is 38.2 Å². The molecule has 2 aromatic rings. The lowest BCUT2D eigenvalue weighted by Gasteiger charge is -2.24. The Labute approximate surface area is 143 Å². The van der Waals surface area contributed by atoms with E-state index in [1.807, 2.05) is 24.3 Å². The molecule has 23 heavy (non-hydrogen) atoms. The molecular formula is C19H23ClN2O. The summed E-state index contributed by atoms with van der Waals surface area (Å²) in [5.74, 6) is 0.910. The molecule has 2 aromatic carbocycles. The Hall–Kier alpha value is -1.71. The van der Waals surface area contributed by atoms with E-state index in [2.05, 4.69) is 34.1 Å². The quantitative estimate of drug-likeness (QED) is 0.840. The first-order valence-electron chi connectivity index (χ1n) is 8.10. The lowest BCUT2D eigenvalue weighted by Crippen LogP contribution is -2.30. The van der Waals surface area contributed by atoms with Crippen molar-refractivity contribution in [2.24, 2.45) is 0 Å². The standard InChI is InChI=1S/C19H23ClN2O/c1-23-19-9-7-18(8-10-19)22-12-2-11-21(13-14-22)15-16-3-5-17(20)6-4-16/h3-10H,2,11-15H2,1H3. The van der Waals surface area contributed by atoms with E-state index in [4.69, 9.17) is 16.3 Å². The van der Waals surface area contributed by atoms with Crippen molar-refractivity contribution in [2.45, 2.75) is 13.0 Å². The van der Waals surface area contributed by atoms with Gasteiger partial charge in [0.2, 0.25) is 0 Å². The second-order valence-corrected chi connectivity index (χ2v) is 6.38. The first-order chi connectivity index (χ1) is 11.2. The van der Waals surface area contributed by atoms with E-state index in [-0.39, 0.29) is 0 Å². The molecule has 3 nitrogen and oxygen atoms in total. The van der Waals surface area contributed by atoms with Crippen LogP contribution in [0.4, 0.5) is 5.69 Å². The van der Waals surface area contributed by atoms with Gasteiger partial charge in [0, 0.05) is 43.4 Å². The maximum absolute atomic E-state index is 5.96. The van der Waals surface area contributed by atoms with Crippen LogP contribution >= 0.6 is 11.6 Å². The molecule has 0 aromatic heterocycles. The second kappa shape index (κ2) is 7.71. The fourth-order valence-electron chi connectivity index (χ4n) is 3.03. The van der Waals surface area contributed by atoms with Crippen LogP contribution < -0.4 is 9.64 Å². The molecule has 0 spiro atoms. The number of nitrogens with zero attached hydrogens (tertiary/aromatic N) is 2. The van der Waals surface area contributed by atoms with Gasteiger partial charge in [-0.1, -0.05) is 23.7 Å². The van der Waals surface area contributed by atoms with Gasteiger partial charge in [-0.15, -0.1) is 0 Å². The van der Waals surface area contributed by atoms with Crippen LogP contribution in [0.15, 0.2) is 48.5 Å². The van der Waals surface area contributed by atoms with Crippen LogP contribution in [0.1, 0.15) is 12.0 Å². The van der Waals surface area contributed by atoms with Crippen molar-refractivity contribution in [1.82, 2.24) is 4.90 Å². The molecule has 0 aliphatic carbocycles. The zero-order chi connectivity index (χ0) is 16.1. The Morgan fingerprint density at radius 3 is 2.35 bits per heavy atom. The highest BCUT2D eigenvalue weighted by Gasteiger charge is 2.15. The molecule has 1 fully saturated rings. The Morgan fingerprint density at radius 2 is 1.65 bits per heavy atom. The van der Waals surface area contributed by atoms with E-state index in [9.17, 15) is 0 Å². The molecule has 3 rings (SSSR count). The Morgan fingerprint density at radius 1 is 0.913 bits per heavy atom. The van der Waals surface area contributed by atoms with Gasteiger partial charge in [0.25, 0.3) is 0 Å². The van der Waals surface area contributed by atoms with Gasteiger partial charge < -0.3 is 9.64 Å². The smallest absolute Gasteiger partial charge is 0.119 e. The molecule has 0 bridgehead atoms. The van der Waals surface area contributed by atoms with Gasteiger partial charge in [0.1, 0.15) is 5.75 Å². The maximum Gasteiger partial charge on any atom is 0.119 e. The van der Waals surface area contributed by atoms with E-state index in [0.717, 1.165) is 43.5 Å². The summed E-state index contributed by atoms with van der Waals surface area (Å²) in [4.78, 5) is 4.98. The summed E-state index contributed by atoms with van der Waals surface area (Å²) in [6.45, 7) is 5.36. The summed E-state index contributed by atoms with van der Waals surface area (Å²) in [5.41, 5.74) is 2.60. The van der Waals surface area contributed by atoms with Crippen molar-refractivity contribution >= 4 is 17.3 Å². The minimum absolute atomic E-state index is 0.801. The molecular weight excluding hydrogens is 308 g/mol. The number of halogens is 1. The molecule has 4 heteroatoms. The average molecular weight is 331 g/mol. The summed E-state index contributed by atoms with van der Waals surface area (Å²) in [7, 11) is 1.70. The molecule has 0 atom stereocenters. The van der Waals surface area contributed by atoms with Gasteiger partial charge in [-0.2, -0.15) is 0 Å². The summed E-state index contributed by atoms with van der Waals surface area (Å²) in [6.07, 6.45) is 1.18. The Bertz CT molecular complexity index is 612. The number of ether oxygens (including phenoxy) is 1. The van der Waals surface area contributed by atoms with Gasteiger partial charge in [-0.25, -0.2) is 0 Å². The van der Waals surface area contributed by atoms with Crippen molar-refractivity contribution in [3.8, 4) is 5.75 Å². The zero-order valence-corrected chi connectivity index (χ0v) is 14.3. The van der Waals surface area contributed by atoms with Crippen LogP contribution in [0, 0.1) is 0 Å². The number of methoxy groups -OCH3 is 1. The summed E-state index contributed by atoms with van der Waals surface area (Å²) < 4.78 is 5.24. The first-order valence-corrected chi connectivity index (χ1v) is 8.48. The molecule has 0 unspecified atom stereocenters. The molecule has 0 radical (unpaired) electrons. The topological polar surface area (TPSA) is 15.7 Å². The lowest BCUT2D eigenvalue weighted by atomic mass is 10.2. The number of rotatable bonds is 4. The largest absolute Gasteiger partial charge is 0.497 e. The van der Waals surface area contributed by atoms with Crippen LogP contribution in [0.2, 0.25) is 5.02 Å². The third-order valence-corrected chi connectivity index (χ3v) is 4.60. The van der Waals surface area contributed by atoms with Crippen LogP contribution in [-0.2, 0) is 6.54 Å². The predicted molar refractivity (Wildman–Crippen MR) is 96.6 cm³/mol. The van der Waals surface area contributed by atoms with Gasteiger partial charge in [-0.3, -0.25) is 4.90 Å². The van der Waals surface area contributed by atoms with E-state index in [1.54, 1.807) is 7.11 Å². The number of hydrogen-bond donors (Lipinski definition) is 0. The minimum atomic E-state index is 0.801. The summed E-state index contributed by atoms with van der Waals surface area (Å²) in [5, 5.41) is 0.801. The Kier molecular flexibility index (Phi) is 5.42. The lowest BCUT2D eigenvalue weighted by molar-refractivity contribution is 0.285. The maximum atomic E-state index is 5.96. The molecule has 0 N–H and O–H groups in total. The SMILES string of the molecule is COc1ccc(N2CCCN(Cc3ccc(Cl)cc3)CC2)cc1. The van der Waals surface area contributed by atoms with Gasteiger partial charge in [0.15, 0.2) is 0 Å². The van der Waals surface area contributed by atoms with Crippen molar-refractivity contribution in [1.29, 1.82) is 0 Å². The van der Waals surface area contributed by atoms with E-state index < -0.39 is 0 Å². The third kappa shape index (κ3) is 4.40. The minimum Gasteiger partial charge on any atom is -0.497 e. The van der Waals surface area contributed by atoms with Gasteiger partial charge in [-0.05, 0) is 48.4 Å². The molecule has 1 heterocycles. The Balaban J connectivity index is 1.59. The highest BCUT2D eigenvalue weighted by Crippen LogP contribution is 2.21. The van der Waals surface area contributed by atoms with Crippen molar-refractivity contribution in [3.05, 3.63) is 59.1 Å². The fraction of sp³-hybridized carbons (Fsp3) is 0.368. The van der Waals surface area contributed by atoms with Crippen LogP contribution in [0.5, 0.6) is 5.75 Å². The summed E-state index contributed by atoms with van der Waals surface area (Å²) >= 11 is 5.96. The second-order valence-electron chi connectivity index (χ2n) is 5.94. The zero-order valence-electron chi connectivity index (χ0n) is 13.5. The molecule has 1 aliphatic rings. The highest BCUT2D eigenvalue weighted by atomic mass is 35.5. The normalized spacial score (nSPS) is 16.2. The van der Waals surface area contributed by atoms with Crippen molar-refractivity contribution in [3.63, 3.8) is 0 Å². The first kappa shape index (κ1) is 16.2. The molecule has 1 saturated heterocycles. The molecule has 122 valence electrons. The van der Waals surface area contributed by atoms with E-state index in [1.165, 1.54) is 17.7 Å². The third-order valence-electron chi connectivity index (χ3n) is 4.35. The fourth-order valence-corrected chi connectivity index (χ4v) is 3.15. The highest BCUT2D eigenvalue weighted by molar-refractivity contribution is 6.30. The molecule has 1 aliphatic heterocycles. The molecule has 0 saturated carbocycles. The van der Waals surface area contributed by atoms with Gasteiger partial charge >= 0.3 is 0 Å². The number of benzene rings is 2. The summed E-state index contributed by atoms with van der Waals surface area (Å²) in [6, 6.07) is 16.5. The van der Waals surface area contributed by atoms with Crippen LogP contribution in [0.3, 0.4) is 0 Å². The monoisotopic (exact) mass is 330 g/mol. The number of anilines is 1. The predicted octanol–water partition coefficient (Wildman–Crippen LogP) is 4.06. The van der Waals surface area contributed by atoms with Crippen molar-refractivity contribution < 1.29 is 4.74 Å². The molecule has 0 amide bonds. The van der Waals surface area contributed by atoms with Gasteiger partial charge in [0.05, 0.1) is 7.11 Å². The number of hydrogen-bond acceptors (Lipinski definition) is 3. The van der Waals surface area contributed by atoms with E-state index in [0.29, 0.717) is 0 Å².